The molecule has 0 aliphatic heterocycles. The van der Waals surface area contributed by atoms with Crippen molar-refractivity contribution in [3.63, 3.8) is 0 Å². The Kier molecular flexibility index (Phi) is 6.67. The van der Waals surface area contributed by atoms with E-state index in [9.17, 15) is 8.42 Å². The van der Waals surface area contributed by atoms with Crippen LogP contribution < -0.4 is 21.9 Å². The lowest BCUT2D eigenvalue weighted by Gasteiger charge is -2.12. The van der Waals surface area contributed by atoms with Crippen LogP contribution in [0, 0.1) is 0 Å². The minimum Gasteiger partial charge on any atom is -1.00 e. The molecule has 0 spiro atoms. The maximum atomic E-state index is 12.3. The molecule has 2 aromatic rings. The third-order valence-corrected chi connectivity index (χ3v) is 4.56. The lowest BCUT2D eigenvalue weighted by atomic mass is 10.2. The predicted octanol–water partition coefficient (Wildman–Crippen LogP) is -1.09. The zero-order chi connectivity index (χ0) is 14.6. The van der Waals surface area contributed by atoms with Gasteiger partial charge in [0.2, 0.25) is 0 Å². The van der Waals surface area contributed by atoms with Gasteiger partial charge in [-0.15, -0.1) is 0 Å². The van der Waals surface area contributed by atoms with Crippen LogP contribution in [0.5, 0.6) is 5.75 Å². The maximum Gasteiger partial charge on any atom is 0.339 e. The zero-order valence-electron chi connectivity index (χ0n) is 11.3. The first-order chi connectivity index (χ1) is 9.54. The molecule has 0 aliphatic carbocycles. The van der Waals surface area contributed by atoms with Crippen molar-refractivity contribution >= 4 is 26.0 Å². The van der Waals surface area contributed by atoms with E-state index in [1.807, 2.05) is 24.5 Å². The van der Waals surface area contributed by atoms with Gasteiger partial charge in [0.25, 0.3) is 0 Å². The lowest BCUT2D eigenvalue weighted by molar-refractivity contribution is -0.643. The van der Waals surface area contributed by atoms with E-state index in [1.165, 1.54) is 12.1 Å². The second kappa shape index (κ2) is 7.79. The largest absolute Gasteiger partial charge is 1.00 e. The molecule has 114 valence electrons. The molecule has 7 heteroatoms. The van der Waals surface area contributed by atoms with Gasteiger partial charge in [0.05, 0.1) is 17.1 Å². The highest BCUT2D eigenvalue weighted by Gasteiger charge is 2.20. The Morgan fingerprint density at radius 2 is 1.76 bits per heavy atom. The van der Waals surface area contributed by atoms with E-state index >= 15 is 0 Å². The van der Waals surface area contributed by atoms with Crippen LogP contribution in [-0.4, -0.2) is 15.5 Å². The van der Waals surface area contributed by atoms with Crippen LogP contribution in [0.1, 0.15) is 5.56 Å². The first-order valence-electron chi connectivity index (χ1n) is 6.09. The van der Waals surface area contributed by atoms with Crippen molar-refractivity contribution in [1.82, 2.24) is 0 Å². The molecular formula is C14H15BrClNO3S. The molecule has 0 aliphatic rings. The van der Waals surface area contributed by atoms with Gasteiger partial charge in [0, 0.05) is 0 Å². The van der Waals surface area contributed by atoms with Crippen molar-refractivity contribution in [3.05, 3.63) is 58.6 Å². The number of rotatable bonds is 5. The normalized spacial score (nSPS) is 10.8. The van der Waals surface area contributed by atoms with Crippen LogP contribution in [0.2, 0.25) is 0 Å². The monoisotopic (exact) mass is 391 g/mol. The van der Waals surface area contributed by atoms with Crippen molar-refractivity contribution in [2.24, 2.45) is 0 Å². The molecule has 0 unspecified atom stereocenters. The molecule has 21 heavy (non-hydrogen) atoms. The van der Waals surface area contributed by atoms with Crippen LogP contribution in [-0.2, 0) is 16.7 Å². The van der Waals surface area contributed by atoms with Gasteiger partial charge in [0.1, 0.15) is 11.4 Å². The molecule has 0 fully saturated rings. The number of quaternary nitrogens is 1. The van der Waals surface area contributed by atoms with Crippen LogP contribution in [0.3, 0.4) is 0 Å². The Labute approximate surface area is 139 Å². The summed E-state index contributed by atoms with van der Waals surface area (Å²) in [5.41, 5.74) is 0.821. The first kappa shape index (κ1) is 18.0. The number of para-hydroxylation sites is 1. The third-order valence-electron chi connectivity index (χ3n) is 2.70. The van der Waals surface area contributed by atoms with Gasteiger partial charge in [0.15, 0.2) is 5.75 Å². The van der Waals surface area contributed by atoms with Gasteiger partial charge in [-0.1, -0.05) is 24.3 Å². The average Bonchev–Trinajstić information content (AvgIpc) is 2.44. The van der Waals surface area contributed by atoms with Crippen molar-refractivity contribution < 1.29 is 30.3 Å². The van der Waals surface area contributed by atoms with Gasteiger partial charge in [-0.25, -0.2) is 0 Å². The molecular weight excluding hydrogens is 378 g/mol. The topological polar surface area (TPSA) is 60.0 Å². The van der Waals surface area contributed by atoms with Crippen LogP contribution >= 0.6 is 15.9 Å². The molecule has 4 nitrogen and oxygen atoms in total. The van der Waals surface area contributed by atoms with Gasteiger partial charge < -0.3 is 21.9 Å². The smallest absolute Gasteiger partial charge is 0.339 e. The number of hydrogen-bond acceptors (Lipinski definition) is 3. The zero-order valence-corrected chi connectivity index (χ0v) is 14.5. The molecule has 0 amide bonds. The van der Waals surface area contributed by atoms with E-state index in [2.05, 4.69) is 15.9 Å². The summed E-state index contributed by atoms with van der Waals surface area (Å²) in [6.45, 7) is 0.638. The van der Waals surface area contributed by atoms with Crippen LogP contribution in [0.15, 0.2) is 57.9 Å². The molecule has 0 saturated carbocycles. The number of hydrogen-bond donors (Lipinski definition) is 1. The fourth-order valence-electron chi connectivity index (χ4n) is 1.77. The molecule has 0 bridgehead atoms. The van der Waals surface area contributed by atoms with Crippen LogP contribution in [0.4, 0.5) is 0 Å². The number of halogens is 2. The average molecular weight is 393 g/mol. The molecule has 2 N–H and O–H groups in total. The van der Waals surface area contributed by atoms with Crippen molar-refractivity contribution in [1.29, 1.82) is 0 Å². The second-order valence-electron chi connectivity index (χ2n) is 4.19. The minimum absolute atomic E-state index is 0. The van der Waals surface area contributed by atoms with Gasteiger partial charge in [-0.05, 0) is 40.2 Å². The Morgan fingerprint density at radius 1 is 1.10 bits per heavy atom. The van der Waals surface area contributed by atoms with E-state index in [0.29, 0.717) is 16.8 Å². The predicted molar refractivity (Wildman–Crippen MR) is 80.0 cm³/mol. The Bertz CT molecular complexity index is 693. The van der Waals surface area contributed by atoms with Crippen molar-refractivity contribution in [3.8, 4) is 5.75 Å². The highest BCUT2D eigenvalue weighted by atomic mass is 79.9. The van der Waals surface area contributed by atoms with Crippen LogP contribution in [0.25, 0.3) is 0 Å². The molecule has 2 rings (SSSR count). The molecule has 0 radical (unpaired) electrons. The number of nitrogens with two attached hydrogens (primary N) is 1. The summed E-state index contributed by atoms with van der Waals surface area (Å²) < 4.78 is 30.4. The third kappa shape index (κ3) is 4.44. The molecule has 2 aromatic carbocycles. The summed E-state index contributed by atoms with van der Waals surface area (Å²) in [6.07, 6.45) is 0. The Hall–Kier alpha value is -1.08. The Morgan fingerprint density at radius 3 is 2.38 bits per heavy atom. The van der Waals surface area contributed by atoms with Gasteiger partial charge >= 0.3 is 10.1 Å². The second-order valence-corrected chi connectivity index (χ2v) is 6.59. The highest BCUT2D eigenvalue weighted by Crippen LogP contribution is 2.31. The minimum atomic E-state index is -3.82. The van der Waals surface area contributed by atoms with Crippen molar-refractivity contribution in [2.45, 2.75) is 11.4 Å². The summed E-state index contributed by atoms with van der Waals surface area (Å²) in [6, 6.07) is 13.6. The standard InChI is InChI=1S/C14H14BrNO3S.ClH/c1-16-10-11-6-5-9-13(15)14(11)19-20(17,18)12-7-3-2-4-8-12;/h2-9,16H,10H2,1H3;1H. The fourth-order valence-corrected chi connectivity index (χ4v) is 3.37. The molecule has 0 saturated heterocycles. The summed E-state index contributed by atoms with van der Waals surface area (Å²) in [4.78, 5) is 0.141. The van der Waals surface area contributed by atoms with Gasteiger partial charge in [-0.3, -0.25) is 0 Å². The first-order valence-corrected chi connectivity index (χ1v) is 8.29. The molecule has 0 atom stereocenters. The molecule has 0 aromatic heterocycles. The Balaban J connectivity index is 0.00000220. The van der Waals surface area contributed by atoms with E-state index < -0.39 is 10.1 Å². The van der Waals surface area contributed by atoms with E-state index in [0.717, 1.165) is 5.56 Å². The van der Waals surface area contributed by atoms with E-state index in [-0.39, 0.29) is 17.3 Å². The maximum absolute atomic E-state index is 12.3. The van der Waals surface area contributed by atoms with E-state index in [4.69, 9.17) is 4.18 Å². The lowest BCUT2D eigenvalue weighted by Crippen LogP contribution is -3.00. The van der Waals surface area contributed by atoms with Gasteiger partial charge in [-0.2, -0.15) is 8.42 Å². The quantitative estimate of drug-likeness (QED) is 0.658. The highest BCUT2D eigenvalue weighted by molar-refractivity contribution is 9.10. The molecule has 0 heterocycles. The SMILES string of the molecule is C[NH2+]Cc1cccc(Br)c1OS(=O)(=O)c1ccccc1.[Cl-]. The fraction of sp³-hybridized carbons (Fsp3) is 0.143. The summed E-state index contributed by atoms with van der Waals surface area (Å²) in [5.74, 6) is 0.342. The van der Waals surface area contributed by atoms with E-state index in [1.54, 1.807) is 24.3 Å². The van der Waals surface area contributed by atoms with Crippen molar-refractivity contribution in [2.75, 3.05) is 7.05 Å². The summed E-state index contributed by atoms with van der Waals surface area (Å²) >= 11 is 3.34. The summed E-state index contributed by atoms with van der Waals surface area (Å²) in [7, 11) is -1.91. The summed E-state index contributed by atoms with van der Waals surface area (Å²) in [5, 5.41) is 1.95. The number of benzene rings is 2.